The van der Waals surface area contributed by atoms with Crippen LogP contribution in [0.5, 0.6) is 0 Å². The first kappa shape index (κ1) is 20.8. The maximum Gasteiger partial charge on any atom is 0.247 e. The van der Waals surface area contributed by atoms with Gasteiger partial charge in [-0.3, -0.25) is 14.6 Å². The number of benzene rings is 1. The Labute approximate surface area is 182 Å². The van der Waals surface area contributed by atoms with Gasteiger partial charge in [0, 0.05) is 29.8 Å². The predicted octanol–water partition coefficient (Wildman–Crippen LogP) is 3.45. The number of rotatable bonds is 5. The van der Waals surface area contributed by atoms with Gasteiger partial charge in [-0.05, 0) is 75.6 Å². The topological polar surface area (TPSA) is 80.1 Å². The van der Waals surface area contributed by atoms with E-state index < -0.39 is 6.04 Å². The fraction of sp³-hybridized carbons (Fsp3) is 0.333. The van der Waals surface area contributed by atoms with Gasteiger partial charge < -0.3 is 10.2 Å². The highest BCUT2D eigenvalue weighted by Gasteiger charge is 2.32. The van der Waals surface area contributed by atoms with Gasteiger partial charge in [-0.15, -0.1) is 0 Å². The van der Waals surface area contributed by atoms with Crippen LogP contribution in [0.25, 0.3) is 5.69 Å². The van der Waals surface area contributed by atoms with Gasteiger partial charge in [-0.2, -0.15) is 5.10 Å². The van der Waals surface area contributed by atoms with Crippen LogP contribution in [0.15, 0.2) is 54.7 Å². The van der Waals surface area contributed by atoms with E-state index in [-0.39, 0.29) is 18.2 Å². The highest BCUT2D eigenvalue weighted by atomic mass is 16.2. The Balaban J connectivity index is 1.43. The molecule has 31 heavy (non-hydrogen) atoms. The lowest BCUT2D eigenvalue weighted by molar-refractivity contribution is -0.139. The van der Waals surface area contributed by atoms with Gasteiger partial charge in [0.25, 0.3) is 0 Å². The molecule has 1 saturated heterocycles. The van der Waals surface area contributed by atoms with E-state index >= 15 is 0 Å². The molecule has 4 rings (SSSR count). The number of likely N-dealkylation sites (tertiary alicyclic amines) is 1. The summed E-state index contributed by atoms with van der Waals surface area (Å²) >= 11 is 0. The fourth-order valence-corrected chi connectivity index (χ4v) is 4.06. The van der Waals surface area contributed by atoms with Crippen molar-refractivity contribution in [1.29, 1.82) is 0 Å². The molecule has 1 aliphatic rings. The number of carbonyl (C=O) groups is 2. The molecule has 2 amide bonds. The molecule has 1 atom stereocenters. The average Bonchev–Trinajstić information content (AvgIpc) is 3.12. The SMILES string of the molecule is Cc1cc(C)n(-c2ccc(NC(=O)[C@H]3CCCCN3C(=O)Cc3ccccn3)cc2)n1. The molecule has 0 aliphatic carbocycles. The Morgan fingerprint density at radius 2 is 1.90 bits per heavy atom. The normalized spacial score (nSPS) is 16.2. The zero-order chi connectivity index (χ0) is 21.8. The summed E-state index contributed by atoms with van der Waals surface area (Å²) in [6.07, 6.45) is 4.40. The summed E-state index contributed by atoms with van der Waals surface area (Å²) in [7, 11) is 0. The van der Waals surface area contributed by atoms with Crippen molar-refractivity contribution < 1.29 is 9.59 Å². The van der Waals surface area contributed by atoms with Crippen molar-refractivity contribution in [2.45, 2.75) is 45.6 Å². The van der Waals surface area contributed by atoms with E-state index in [1.165, 1.54) is 0 Å². The molecule has 1 fully saturated rings. The Kier molecular flexibility index (Phi) is 6.11. The molecule has 3 aromatic rings. The molecule has 1 aromatic carbocycles. The molecular formula is C24H27N5O2. The number of aryl methyl sites for hydroxylation is 2. The van der Waals surface area contributed by atoms with E-state index in [9.17, 15) is 9.59 Å². The van der Waals surface area contributed by atoms with Crippen LogP contribution in [0.4, 0.5) is 5.69 Å². The van der Waals surface area contributed by atoms with Crippen molar-refractivity contribution in [2.24, 2.45) is 0 Å². The number of nitrogens with one attached hydrogen (secondary N) is 1. The summed E-state index contributed by atoms with van der Waals surface area (Å²) in [5.74, 6) is -0.202. The first-order chi connectivity index (χ1) is 15.0. The van der Waals surface area contributed by atoms with Crippen molar-refractivity contribution in [3.05, 3.63) is 71.8 Å². The molecule has 1 aliphatic heterocycles. The molecule has 0 spiro atoms. The lowest BCUT2D eigenvalue weighted by Crippen LogP contribution is -2.50. The Morgan fingerprint density at radius 3 is 2.58 bits per heavy atom. The highest BCUT2D eigenvalue weighted by molar-refractivity contribution is 5.97. The van der Waals surface area contributed by atoms with E-state index in [1.807, 2.05) is 67.1 Å². The van der Waals surface area contributed by atoms with Gasteiger partial charge >= 0.3 is 0 Å². The molecule has 7 nitrogen and oxygen atoms in total. The zero-order valence-corrected chi connectivity index (χ0v) is 17.9. The van der Waals surface area contributed by atoms with E-state index in [2.05, 4.69) is 15.4 Å². The molecule has 0 saturated carbocycles. The van der Waals surface area contributed by atoms with Gasteiger partial charge in [0.1, 0.15) is 6.04 Å². The second-order valence-electron chi connectivity index (χ2n) is 7.97. The molecule has 3 heterocycles. The Hall–Kier alpha value is -3.48. The van der Waals surface area contributed by atoms with Crippen LogP contribution in [-0.4, -0.2) is 44.1 Å². The average molecular weight is 418 g/mol. The minimum absolute atomic E-state index is 0.0570. The van der Waals surface area contributed by atoms with Gasteiger partial charge in [0.2, 0.25) is 11.8 Å². The predicted molar refractivity (Wildman–Crippen MR) is 119 cm³/mol. The van der Waals surface area contributed by atoms with Crippen LogP contribution in [0.1, 0.15) is 36.3 Å². The van der Waals surface area contributed by atoms with Crippen molar-refractivity contribution in [3.8, 4) is 5.69 Å². The van der Waals surface area contributed by atoms with Gasteiger partial charge in [0.05, 0.1) is 17.8 Å². The molecule has 0 radical (unpaired) electrons. The first-order valence-electron chi connectivity index (χ1n) is 10.7. The molecule has 2 aromatic heterocycles. The summed E-state index contributed by atoms with van der Waals surface area (Å²) in [6.45, 7) is 4.57. The van der Waals surface area contributed by atoms with Crippen LogP contribution in [-0.2, 0) is 16.0 Å². The van der Waals surface area contributed by atoms with Crippen LogP contribution in [0.2, 0.25) is 0 Å². The van der Waals surface area contributed by atoms with E-state index in [0.29, 0.717) is 18.7 Å². The fourth-order valence-electron chi connectivity index (χ4n) is 4.06. The van der Waals surface area contributed by atoms with Crippen LogP contribution < -0.4 is 5.32 Å². The second kappa shape index (κ2) is 9.12. The summed E-state index contributed by atoms with van der Waals surface area (Å²) in [6, 6.07) is 14.7. The summed E-state index contributed by atoms with van der Waals surface area (Å²) in [4.78, 5) is 31.8. The number of aromatic nitrogens is 3. The van der Waals surface area contributed by atoms with Crippen molar-refractivity contribution >= 4 is 17.5 Å². The van der Waals surface area contributed by atoms with Gasteiger partial charge in [-0.1, -0.05) is 6.07 Å². The molecule has 160 valence electrons. The van der Waals surface area contributed by atoms with E-state index in [0.717, 1.165) is 35.6 Å². The third-order valence-electron chi connectivity index (χ3n) is 5.57. The summed E-state index contributed by atoms with van der Waals surface area (Å²) < 4.78 is 1.88. The molecule has 7 heteroatoms. The van der Waals surface area contributed by atoms with Crippen molar-refractivity contribution in [1.82, 2.24) is 19.7 Å². The van der Waals surface area contributed by atoms with Crippen molar-refractivity contribution in [3.63, 3.8) is 0 Å². The second-order valence-corrected chi connectivity index (χ2v) is 7.97. The highest BCUT2D eigenvalue weighted by Crippen LogP contribution is 2.21. The monoisotopic (exact) mass is 417 g/mol. The maximum atomic E-state index is 13.0. The van der Waals surface area contributed by atoms with Gasteiger partial charge in [-0.25, -0.2) is 4.68 Å². The Morgan fingerprint density at radius 1 is 1.10 bits per heavy atom. The number of hydrogen-bond acceptors (Lipinski definition) is 4. The molecule has 0 unspecified atom stereocenters. The van der Waals surface area contributed by atoms with E-state index in [4.69, 9.17) is 0 Å². The molecule has 1 N–H and O–H groups in total. The number of nitrogens with zero attached hydrogens (tertiary/aromatic N) is 4. The first-order valence-corrected chi connectivity index (χ1v) is 10.7. The lowest BCUT2D eigenvalue weighted by atomic mass is 10.0. The minimum Gasteiger partial charge on any atom is -0.330 e. The molecule has 0 bridgehead atoms. The number of hydrogen-bond donors (Lipinski definition) is 1. The maximum absolute atomic E-state index is 13.0. The summed E-state index contributed by atoms with van der Waals surface area (Å²) in [5, 5.41) is 7.47. The number of amides is 2. The lowest BCUT2D eigenvalue weighted by Gasteiger charge is -2.34. The zero-order valence-electron chi connectivity index (χ0n) is 17.9. The minimum atomic E-state index is -0.458. The largest absolute Gasteiger partial charge is 0.330 e. The Bertz CT molecular complexity index is 1060. The standard InChI is InChI=1S/C24H27N5O2/c1-17-15-18(2)29(27-17)21-11-9-19(10-12-21)26-24(31)22-8-4-6-14-28(22)23(30)16-20-7-3-5-13-25-20/h3,5,7,9-13,15,22H,4,6,8,14,16H2,1-2H3,(H,26,31)/t22-/m1/s1. The number of anilines is 1. The third kappa shape index (κ3) is 4.82. The number of carbonyl (C=O) groups excluding carboxylic acids is 2. The van der Waals surface area contributed by atoms with Crippen molar-refractivity contribution in [2.75, 3.05) is 11.9 Å². The smallest absolute Gasteiger partial charge is 0.247 e. The van der Waals surface area contributed by atoms with Crippen LogP contribution in [0, 0.1) is 13.8 Å². The summed E-state index contributed by atoms with van der Waals surface area (Å²) in [5.41, 5.74) is 4.38. The quantitative estimate of drug-likeness (QED) is 0.690. The van der Waals surface area contributed by atoms with Crippen LogP contribution in [0.3, 0.4) is 0 Å². The van der Waals surface area contributed by atoms with Gasteiger partial charge in [0.15, 0.2) is 0 Å². The third-order valence-corrected chi connectivity index (χ3v) is 5.57. The van der Waals surface area contributed by atoms with E-state index in [1.54, 1.807) is 11.1 Å². The molecular weight excluding hydrogens is 390 g/mol. The number of piperidine rings is 1. The number of pyridine rings is 1. The van der Waals surface area contributed by atoms with Crippen LogP contribution >= 0.6 is 0 Å².